The zero-order valence-electron chi connectivity index (χ0n) is 14.1. The molecule has 4 nitrogen and oxygen atoms in total. The highest BCUT2D eigenvalue weighted by Gasteiger charge is 2.33. The third-order valence-corrected chi connectivity index (χ3v) is 4.52. The minimum Gasteiger partial charge on any atom is -0.449 e. The molecular formula is C18H30N2O2. The first kappa shape index (κ1) is 16.9. The third kappa shape index (κ3) is 5.08. The molecule has 1 saturated heterocycles. The Hall–Kier alpha value is -1.45. The van der Waals surface area contributed by atoms with Crippen molar-refractivity contribution in [1.82, 2.24) is 10.2 Å². The van der Waals surface area contributed by atoms with E-state index in [1.807, 2.05) is 4.90 Å². The maximum Gasteiger partial charge on any atom is 0.409 e. The van der Waals surface area contributed by atoms with Crippen molar-refractivity contribution >= 4 is 6.09 Å². The van der Waals surface area contributed by atoms with Crippen molar-refractivity contribution in [2.75, 3.05) is 26.2 Å². The summed E-state index contributed by atoms with van der Waals surface area (Å²) in [4.78, 5) is 14.0. The van der Waals surface area contributed by atoms with Crippen molar-refractivity contribution in [1.29, 1.82) is 0 Å². The molecule has 124 valence electrons. The zero-order valence-corrected chi connectivity index (χ0v) is 14.1. The molecule has 1 fully saturated rings. The van der Waals surface area contributed by atoms with E-state index in [2.05, 4.69) is 37.4 Å². The highest BCUT2D eigenvalue weighted by molar-refractivity contribution is 5.67. The van der Waals surface area contributed by atoms with Crippen LogP contribution < -0.4 is 5.32 Å². The summed E-state index contributed by atoms with van der Waals surface area (Å²) < 4.78 is 5.36. The first-order valence-electron chi connectivity index (χ1n) is 8.64. The van der Waals surface area contributed by atoms with Crippen LogP contribution in [0.2, 0.25) is 0 Å². The number of hydrogen-bond donors (Lipinski definition) is 1. The number of hydrogen-bond acceptors (Lipinski definition) is 3. The smallest absolute Gasteiger partial charge is 0.409 e. The molecule has 1 amide bonds. The summed E-state index contributed by atoms with van der Waals surface area (Å²) in [6.07, 6.45) is 12.8. The highest BCUT2D eigenvalue weighted by Crippen LogP contribution is 2.29. The lowest BCUT2D eigenvalue weighted by molar-refractivity contribution is 0.0613. The minimum atomic E-state index is -0.140. The molecular weight excluding hydrogens is 276 g/mol. The number of ether oxygens (including phenoxy) is 1. The average Bonchev–Trinajstić information content (AvgIpc) is 2.54. The molecule has 1 aliphatic carbocycles. The lowest BCUT2D eigenvalue weighted by Crippen LogP contribution is -2.49. The van der Waals surface area contributed by atoms with Crippen LogP contribution in [0.3, 0.4) is 0 Å². The minimum absolute atomic E-state index is 0.129. The first-order valence-corrected chi connectivity index (χ1v) is 8.64. The summed E-state index contributed by atoms with van der Waals surface area (Å²) in [6.45, 7) is 7.45. The van der Waals surface area contributed by atoms with E-state index >= 15 is 0 Å². The largest absolute Gasteiger partial charge is 0.449 e. The van der Waals surface area contributed by atoms with Gasteiger partial charge in [0.05, 0.1) is 6.61 Å². The fourth-order valence-electron chi connectivity index (χ4n) is 3.09. The fraction of sp³-hybridized carbons (Fsp3) is 0.722. The molecule has 22 heavy (non-hydrogen) atoms. The molecule has 0 radical (unpaired) electrons. The summed E-state index contributed by atoms with van der Waals surface area (Å²) in [5, 5.41) is 3.57. The number of nitrogens with one attached hydrogen (secondary N) is 1. The lowest BCUT2D eigenvalue weighted by atomic mass is 9.81. The topological polar surface area (TPSA) is 41.6 Å². The van der Waals surface area contributed by atoms with E-state index in [0.717, 1.165) is 58.2 Å². The van der Waals surface area contributed by atoms with Crippen molar-refractivity contribution < 1.29 is 9.53 Å². The van der Waals surface area contributed by atoms with Gasteiger partial charge in [0.15, 0.2) is 0 Å². The van der Waals surface area contributed by atoms with E-state index in [-0.39, 0.29) is 11.5 Å². The van der Waals surface area contributed by atoms with Crippen molar-refractivity contribution in [3.8, 4) is 0 Å². The Morgan fingerprint density at radius 3 is 3.09 bits per heavy atom. The predicted octanol–water partition coefficient (Wildman–Crippen LogP) is 3.85. The number of carbonyl (C=O) groups excluding carboxylic acids is 1. The summed E-state index contributed by atoms with van der Waals surface area (Å²) in [5.74, 6) is 0. The second kappa shape index (κ2) is 8.25. The molecule has 0 aromatic heterocycles. The van der Waals surface area contributed by atoms with Gasteiger partial charge in [-0.05, 0) is 38.2 Å². The second-order valence-electron chi connectivity index (χ2n) is 6.82. The maximum absolute atomic E-state index is 12.1. The van der Waals surface area contributed by atoms with Gasteiger partial charge < -0.3 is 15.0 Å². The average molecular weight is 306 g/mol. The number of rotatable bonds is 6. The van der Waals surface area contributed by atoms with Crippen molar-refractivity contribution in [2.24, 2.45) is 5.41 Å². The van der Waals surface area contributed by atoms with Crippen LogP contribution >= 0.6 is 0 Å². The Balaban J connectivity index is 1.81. The quantitative estimate of drug-likeness (QED) is 0.758. The van der Waals surface area contributed by atoms with E-state index < -0.39 is 0 Å². The third-order valence-electron chi connectivity index (χ3n) is 4.52. The van der Waals surface area contributed by atoms with Crippen LogP contribution in [0.4, 0.5) is 4.79 Å². The normalized spacial score (nSPS) is 24.8. The molecule has 1 aliphatic heterocycles. The van der Waals surface area contributed by atoms with Crippen LogP contribution in [0.5, 0.6) is 0 Å². The van der Waals surface area contributed by atoms with Crippen molar-refractivity contribution in [3.63, 3.8) is 0 Å². The Morgan fingerprint density at radius 1 is 1.50 bits per heavy atom. The van der Waals surface area contributed by atoms with E-state index in [4.69, 9.17) is 4.74 Å². The number of carbonyl (C=O) groups is 1. The second-order valence-corrected chi connectivity index (χ2v) is 6.82. The van der Waals surface area contributed by atoms with E-state index in [1.165, 1.54) is 5.70 Å². The Bertz CT molecular complexity index is 431. The van der Waals surface area contributed by atoms with Crippen LogP contribution in [0.15, 0.2) is 23.9 Å². The molecule has 0 spiro atoms. The summed E-state index contributed by atoms with van der Waals surface area (Å²) >= 11 is 0. The van der Waals surface area contributed by atoms with E-state index in [9.17, 15) is 4.79 Å². The molecule has 0 aromatic carbocycles. The van der Waals surface area contributed by atoms with Gasteiger partial charge in [-0.25, -0.2) is 4.79 Å². The zero-order chi connectivity index (χ0) is 15.8. The SMILES string of the molecule is CCCCOC(=O)N1CCC[C@@](C)(CNC2=CC=CCC2)C1. The number of amides is 1. The van der Waals surface area contributed by atoms with Crippen LogP contribution in [0.25, 0.3) is 0 Å². The van der Waals surface area contributed by atoms with Gasteiger partial charge >= 0.3 is 6.09 Å². The lowest BCUT2D eigenvalue weighted by Gasteiger charge is -2.40. The molecule has 1 N–H and O–H groups in total. The number of nitrogens with zero attached hydrogens (tertiary/aromatic N) is 1. The van der Waals surface area contributed by atoms with Gasteiger partial charge in [-0.3, -0.25) is 0 Å². The summed E-state index contributed by atoms with van der Waals surface area (Å²) in [6, 6.07) is 0. The van der Waals surface area contributed by atoms with Crippen LogP contribution in [0, 0.1) is 5.41 Å². The first-order chi connectivity index (χ1) is 10.6. The molecule has 1 atom stereocenters. The van der Waals surface area contributed by atoms with Crippen molar-refractivity contribution in [2.45, 2.75) is 52.4 Å². The standard InChI is InChI=1S/C18H30N2O2/c1-3-4-13-22-17(21)20-12-8-11-18(2,15-20)14-19-16-9-6-5-7-10-16/h5-6,9,19H,3-4,7-8,10-15H2,1-2H3/t18-/m0/s1. The number of likely N-dealkylation sites (tertiary alicyclic amines) is 1. The van der Waals surface area contributed by atoms with Crippen LogP contribution in [0.1, 0.15) is 52.4 Å². The number of piperidine rings is 1. The van der Waals surface area contributed by atoms with Crippen molar-refractivity contribution in [3.05, 3.63) is 23.9 Å². The van der Waals surface area contributed by atoms with Crippen LogP contribution in [-0.4, -0.2) is 37.2 Å². The van der Waals surface area contributed by atoms with Gasteiger partial charge in [0.25, 0.3) is 0 Å². The molecule has 2 rings (SSSR count). The van der Waals surface area contributed by atoms with E-state index in [0.29, 0.717) is 6.61 Å². The molecule has 2 aliphatic rings. The molecule has 0 saturated carbocycles. The fourth-order valence-corrected chi connectivity index (χ4v) is 3.09. The van der Waals surface area contributed by atoms with Gasteiger partial charge in [-0.15, -0.1) is 0 Å². The Labute approximate surface area is 134 Å². The van der Waals surface area contributed by atoms with Gasteiger partial charge in [-0.1, -0.05) is 32.4 Å². The van der Waals surface area contributed by atoms with Gasteiger partial charge in [-0.2, -0.15) is 0 Å². The maximum atomic E-state index is 12.1. The number of unbranched alkanes of at least 4 members (excludes halogenated alkanes) is 1. The molecule has 4 heteroatoms. The summed E-state index contributed by atoms with van der Waals surface area (Å²) in [7, 11) is 0. The molecule has 1 heterocycles. The van der Waals surface area contributed by atoms with E-state index in [1.54, 1.807) is 0 Å². The van der Waals surface area contributed by atoms with Crippen LogP contribution in [-0.2, 0) is 4.74 Å². The predicted molar refractivity (Wildman–Crippen MR) is 89.6 cm³/mol. The van der Waals surface area contributed by atoms with Gasteiger partial charge in [0.1, 0.15) is 0 Å². The molecule has 0 aromatic rings. The molecule has 0 unspecified atom stereocenters. The molecule has 0 bridgehead atoms. The number of allylic oxidation sites excluding steroid dienone is 4. The van der Waals surface area contributed by atoms with Gasteiger partial charge in [0.2, 0.25) is 0 Å². The highest BCUT2D eigenvalue weighted by atomic mass is 16.6. The monoisotopic (exact) mass is 306 g/mol. The Kier molecular flexibility index (Phi) is 6.34. The van der Waals surface area contributed by atoms with Gasteiger partial charge in [0, 0.05) is 30.7 Å². The summed E-state index contributed by atoms with van der Waals surface area (Å²) in [5.41, 5.74) is 1.44. The Morgan fingerprint density at radius 2 is 2.36 bits per heavy atom.